The van der Waals surface area contributed by atoms with Crippen molar-refractivity contribution in [2.45, 2.75) is 0 Å². The molecule has 0 aromatic heterocycles. The molecule has 3 rings (SSSR count). The molecule has 3 aromatic carbocycles. The number of halogens is 1. The number of hydrogen-bond acceptors (Lipinski definition) is 6. The summed E-state index contributed by atoms with van der Waals surface area (Å²) in [5.74, 6) is 0.239. The molecule has 1 amide bonds. The fraction of sp³-hybridized carbons (Fsp3) is 0.0870. The topological polar surface area (TPSA) is 86.2 Å². The number of hydrazone groups is 1. The molecule has 0 aliphatic rings. The molecular formula is C23H19ClN2O5. The Morgan fingerprint density at radius 2 is 1.74 bits per heavy atom. The minimum atomic E-state index is -0.540. The zero-order valence-electron chi connectivity index (χ0n) is 16.6. The van der Waals surface area contributed by atoms with E-state index in [-0.39, 0.29) is 12.4 Å². The Balaban J connectivity index is 1.56. The summed E-state index contributed by atoms with van der Waals surface area (Å²) < 4.78 is 16.0. The maximum atomic E-state index is 12.3. The van der Waals surface area contributed by atoms with Gasteiger partial charge in [0, 0.05) is 5.02 Å². The average Bonchev–Trinajstić information content (AvgIpc) is 2.79. The van der Waals surface area contributed by atoms with Crippen LogP contribution in [0.3, 0.4) is 0 Å². The summed E-state index contributed by atoms with van der Waals surface area (Å²) >= 11 is 5.83. The molecule has 0 aliphatic heterocycles. The number of hydrogen-bond donors (Lipinski definition) is 1. The molecule has 0 unspecified atom stereocenters. The van der Waals surface area contributed by atoms with Crippen molar-refractivity contribution in [2.24, 2.45) is 5.10 Å². The summed E-state index contributed by atoms with van der Waals surface area (Å²) in [5, 5.41) is 4.42. The van der Waals surface area contributed by atoms with Gasteiger partial charge in [0.25, 0.3) is 5.91 Å². The quantitative estimate of drug-likeness (QED) is 0.248. The third-order valence-electron chi connectivity index (χ3n) is 3.99. The first-order chi connectivity index (χ1) is 15.0. The number of nitrogens with one attached hydrogen (secondary N) is 1. The summed E-state index contributed by atoms with van der Waals surface area (Å²) in [4.78, 5) is 24.1. The van der Waals surface area contributed by atoms with Gasteiger partial charge < -0.3 is 14.2 Å². The third-order valence-corrected chi connectivity index (χ3v) is 4.24. The average molecular weight is 439 g/mol. The fourth-order valence-corrected chi connectivity index (χ4v) is 2.60. The van der Waals surface area contributed by atoms with Crippen LogP contribution in [0.1, 0.15) is 15.9 Å². The molecule has 7 nitrogen and oxygen atoms in total. The predicted molar refractivity (Wildman–Crippen MR) is 117 cm³/mol. The predicted octanol–water partition coefficient (Wildman–Crippen LogP) is 4.10. The fourth-order valence-electron chi connectivity index (χ4n) is 2.47. The molecule has 0 saturated carbocycles. The van der Waals surface area contributed by atoms with Gasteiger partial charge in [-0.25, -0.2) is 10.2 Å². The molecule has 0 aliphatic carbocycles. The lowest BCUT2D eigenvalue weighted by Crippen LogP contribution is -2.24. The van der Waals surface area contributed by atoms with Gasteiger partial charge in [-0.05, 0) is 60.2 Å². The molecule has 0 fully saturated rings. The van der Waals surface area contributed by atoms with Crippen LogP contribution in [0.25, 0.3) is 0 Å². The van der Waals surface area contributed by atoms with Crippen molar-refractivity contribution in [3.05, 3.63) is 88.9 Å². The van der Waals surface area contributed by atoms with E-state index in [0.29, 0.717) is 27.6 Å². The lowest BCUT2D eigenvalue weighted by Gasteiger charge is -2.10. The van der Waals surface area contributed by atoms with E-state index in [1.165, 1.54) is 13.3 Å². The Morgan fingerprint density at radius 1 is 1.00 bits per heavy atom. The zero-order valence-corrected chi connectivity index (χ0v) is 17.3. The van der Waals surface area contributed by atoms with Gasteiger partial charge in [-0.3, -0.25) is 4.79 Å². The summed E-state index contributed by atoms with van der Waals surface area (Å²) in [6.45, 7) is -0.162. The van der Waals surface area contributed by atoms with E-state index in [2.05, 4.69) is 10.5 Å². The summed E-state index contributed by atoms with van der Waals surface area (Å²) in [6, 6.07) is 20.2. The van der Waals surface area contributed by atoms with Crippen LogP contribution in [0.4, 0.5) is 0 Å². The number of carbonyl (C=O) groups excluding carboxylic acids is 2. The van der Waals surface area contributed by atoms with E-state index in [0.717, 1.165) is 0 Å². The zero-order chi connectivity index (χ0) is 22.1. The molecule has 0 heterocycles. The number of ether oxygens (including phenoxy) is 3. The van der Waals surface area contributed by atoms with Gasteiger partial charge in [0.1, 0.15) is 5.75 Å². The highest BCUT2D eigenvalue weighted by molar-refractivity contribution is 6.30. The molecule has 8 heteroatoms. The number of nitrogens with zero attached hydrogens (tertiary/aromatic N) is 1. The smallest absolute Gasteiger partial charge is 0.343 e. The number of esters is 1. The van der Waals surface area contributed by atoms with Crippen molar-refractivity contribution in [1.82, 2.24) is 5.43 Å². The van der Waals surface area contributed by atoms with Crippen molar-refractivity contribution >= 4 is 29.7 Å². The second-order valence-corrected chi connectivity index (χ2v) is 6.64. The molecule has 0 bridgehead atoms. The molecular weight excluding hydrogens is 420 g/mol. The maximum absolute atomic E-state index is 12.3. The Morgan fingerprint density at radius 3 is 2.45 bits per heavy atom. The highest BCUT2D eigenvalue weighted by Gasteiger charge is 2.13. The minimum Gasteiger partial charge on any atom is -0.493 e. The minimum absolute atomic E-state index is 0.162. The third kappa shape index (κ3) is 6.58. The standard InChI is InChI=1S/C23H19ClN2O5/c1-29-21-13-16(14-25-26-22(27)15-30-19-5-3-2-4-6-19)7-12-20(21)31-23(28)17-8-10-18(24)11-9-17/h2-14H,15H2,1H3,(H,26,27)/b25-14-. The van der Waals surface area contributed by atoms with Crippen LogP contribution in [0.2, 0.25) is 5.02 Å². The second-order valence-electron chi connectivity index (χ2n) is 6.20. The number of amides is 1. The van der Waals surface area contributed by atoms with Crippen molar-refractivity contribution in [3.63, 3.8) is 0 Å². The van der Waals surface area contributed by atoms with Crippen LogP contribution in [-0.2, 0) is 4.79 Å². The van der Waals surface area contributed by atoms with E-state index in [1.807, 2.05) is 18.2 Å². The van der Waals surface area contributed by atoms with Crippen LogP contribution in [0, 0.1) is 0 Å². The lowest BCUT2D eigenvalue weighted by atomic mass is 10.2. The van der Waals surface area contributed by atoms with Crippen LogP contribution >= 0.6 is 11.6 Å². The molecule has 3 aromatic rings. The second kappa shape index (κ2) is 10.8. The van der Waals surface area contributed by atoms with E-state index in [9.17, 15) is 9.59 Å². The molecule has 0 saturated heterocycles. The Hall–Kier alpha value is -3.84. The van der Waals surface area contributed by atoms with Gasteiger partial charge in [0.2, 0.25) is 0 Å². The van der Waals surface area contributed by atoms with Crippen LogP contribution in [0.15, 0.2) is 77.9 Å². The molecule has 158 valence electrons. The maximum Gasteiger partial charge on any atom is 0.343 e. The van der Waals surface area contributed by atoms with Gasteiger partial charge in [-0.1, -0.05) is 29.8 Å². The number of methoxy groups -OCH3 is 1. The Kier molecular flexibility index (Phi) is 7.61. The number of carbonyl (C=O) groups is 2. The van der Waals surface area contributed by atoms with Gasteiger partial charge in [0.15, 0.2) is 18.1 Å². The number of benzene rings is 3. The highest BCUT2D eigenvalue weighted by atomic mass is 35.5. The molecule has 31 heavy (non-hydrogen) atoms. The molecule has 0 radical (unpaired) electrons. The van der Waals surface area contributed by atoms with Crippen LogP contribution in [0.5, 0.6) is 17.2 Å². The lowest BCUT2D eigenvalue weighted by molar-refractivity contribution is -0.123. The van der Waals surface area contributed by atoms with Crippen LogP contribution in [-0.4, -0.2) is 31.8 Å². The Labute approximate surface area is 184 Å². The van der Waals surface area contributed by atoms with Crippen molar-refractivity contribution in [3.8, 4) is 17.2 Å². The monoisotopic (exact) mass is 438 g/mol. The first-order valence-corrected chi connectivity index (χ1v) is 9.58. The SMILES string of the molecule is COc1cc(/C=N\NC(=O)COc2ccccc2)ccc1OC(=O)c1ccc(Cl)cc1. The van der Waals surface area contributed by atoms with E-state index in [1.54, 1.807) is 54.6 Å². The molecule has 1 N–H and O–H groups in total. The van der Waals surface area contributed by atoms with Crippen LogP contribution < -0.4 is 19.6 Å². The van der Waals surface area contributed by atoms with Gasteiger partial charge >= 0.3 is 5.97 Å². The summed E-state index contributed by atoms with van der Waals surface area (Å²) in [6.07, 6.45) is 1.44. The van der Waals surface area contributed by atoms with E-state index in [4.69, 9.17) is 25.8 Å². The Bertz CT molecular complexity index is 1070. The number of rotatable bonds is 8. The van der Waals surface area contributed by atoms with E-state index >= 15 is 0 Å². The first-order valence-electron chi connectivity index (χ1n) is 9.20. The van der Waals surface area contributed by atoms with Gasteiger partial charge in [0.05, 0.1) is 18.9 Å². The molecule has 0 atom stereocenters. The van der Waals surface area contributed by atoms with Gasteiger partial charge in [-0.2, -0.15) is 5.10 Å². The van der Waals surface area contributed by atoms with Crippen molar-refractivity contribution in [1.29, 1.82) is 0 Å². The first kappa shape index (κ1) is 21.9. The van der Waals surface area contributed by atoms with E-state index < -0.39 is 11.9 Å². The normalized spacial score (nSPS) is 10.5. The van der Waals surface area contributed by atoms with Crippen molar-refractivity contribution < 1.29 is 23.8 Å². The summed E-state index contributed by atoms with van der Waals surface area (Å²) in [7, 11) is 1.46. The summed E-state index contributed by atoms with van der Waals surface area (Å²) in [5.41, 5.74) is 3.37. The largest absolute Gasteiger partial charge is 0.493 e. The van der Waals surface area contributed by atoms with Gasteiger partial charge in [-0.15, -0.1) is 0 Å². The molecule has 0 spiro atoms. The van der Waals surface area contributed by atoms with Crippen molar-refractivity contribution in [2.75, 3.05) is 13.7 Å². The highest BCUT2D eigenvalue weighted by Crippen LogP contribution is 2.28. The number of para-hydroxylation sites is 1.